The molecule has 0 amide bonds. The Bertz CT molecular complexity index is 307. The molecule has 84 valence electrons. The number of hydrogen-bond acceptors (Lipinski definition) is 4. The molecule has 0 saturated carbocycles. The molecule has 0 radical (unpaired) electrons. The maximum atomic E-state index is 5.65. The Labute approximate surface area is 94.6 Å². The number of aryl methyl sites for hydroxylation is 1. The summed E-state index contributed by atoms with van der Waals surface area (Å²) in [5.74, 6) is 6.16. The van der Waals surface area contributed by atoms with Crippen LogP contribution in [-0.2, 0) is 4.74 Å². The third-order valence-electron chi connectivity index (χ3n) is 2.91. The third kappa shape index (κ3) is 2.58. The first-order chi connectivity index (χ1) is 7.31. The maximum Gasteiger partial charge on any atom is 0.0603 e. The highest BCUT2D eigenvalue weighted by Gasteiger charge is 2.25. The molecule has 0 spiro atoms. The van der Waals surface area contributed by atoms with E-state index in [1.165, 1.54) is 16.2 Å². The summed E-state index contributed by atoms with van der Waals surface area (Å²) in [6.45, 7) is 3.85. The molecule has 1 aromatic heterocycles. The lowest BCUT2D eigenvalue weighted by molar-refractivity contribution is 0.0395. The fraction of sp³-hybridized carbons (Fsp3) is 0.636. The Kier molecular flexibility index (Phi) is 3.75. The molecular formula is C11H18N2OS. The fourth-order valence-corrected chi connectivity index (χ4v) is 3.13. The standard InChI is InChI=1S/C11H18N2OS/c1-8-4-5-10(15-8)11(13-12)9-3-2-6-14-7-9/h4-5,9,11,13H,2-3,6-7,12H2,1H3. The molecule has 2 rings (SSSR count). The minimum Gasteiger partial charge on any atom is -0.381 e. The highest BCUT2D eigenvalue weighted by atomic mass is 32.1. The van der Waals surface area contributed by atoms with Crippen molar-refractivity contribution >= 4 is 11.3 Å². The van der Waals surface area contributed by atoms with Crippen molar-refractivity contribution in [3.05, 3.63) is 21.9 Å². The molecule has 4 heteroatoms. The first-order valence-electron chi connectivity index (χ1n) is 5.41. The second kappa shape index (κ2) is 5.07. The van der Waals surface area contributed by atoms with Gasteiger partial charge in [0.15, 0.2) is 0 Å². The van der Waals surface area contributed by atoms with Gasteiger partial charge in [0, 0.05) is 22.3 Å². The first kappa shape index (κ1) is 11.1. The molecular weight excluding hydrogens is 208 g/mol. The zero-order valence-corrected chi connectivity index (χ0v) is 9.85. The smallest absolute Gasteiger partial charge is 0.0603 e. The van der Waals surface area contributed by atoms with Crippen molar-refractivity contribution < 1.29 is 4.74 Å². The first-order valence-corrected chi connectivity index (χ1v) is 6.23. The van der Waals surface area contributed by atoms with E-state index in [1.54, 1.807) is 0 Å². The van der Waals surface area contributed by atoms with Crippen LogP contribution in [0.15, 0.2) is 12.1 Å². The molecule has 0 aliphatic carbocycles. The van der Waals surface area contributed by atoms with E-state index in [9.17, 15) is 0 Å². The second-order valence-electron chi connectivity index (χ2n) is 4.07. The van der Waals surface area contributed by atoms with Gasteiger partial charge in [-0.05, 0) is 31.9 Å². The van der Waals surface area contributed by atoms with Crippen molar-refractivity contribution in [3.8, 4) is 0 Å². The van der Waals surface area contributed by atoms with Gasteiger partial charge in [-0.3, -0.25) is 11.3 Å². The number of ether oxygens (including phenoxy) is 1. The van der Waals surface area contributed by atoms with Gasteiger partial charge >= 0.3 is 0 Å². The highest BCUT2D eigenvalue weighted by Crippen LogP contribution is 2.32. The summed E-state index contributed by atoms with van der Waals surface area (Å²) in [7, 11) is 0. The minimum atomic E-state index is 0.254. The molecule has 1 aliphatic rings. The van der Waals surface area contributed by atoms with Crippen LogP contribution in [0.3, 0.4) is 0 Å². The van der Waals surface area contributed by atoms with Crippen molar-refractivity contribution in [1.29, 1.82) is 0 Å². The largest absolute Gasteiger partial charge is 0.381 e. The molecule has 1 aromatic rings. The summed E-state index contributed by atoms with van der Waals surface area (Å²) in [5.41, 5.74) is 2.93. The maximum absolute atomic E-state index is 5.65. The van der Waals surface area contributed by atoms with E-state index in [0.717, 1.165) is 19.6 Å². The summed E-state index contributed by atoms with van der Waals surface area (Å²) in [5, 5.41) is 0. The Morgan fingerprint density at radius 3 is 3.00 bits per heavy atom. The van der Waals surface area contributed by atoms with Crippen molar-refractivity contribution in [3.63, 3.8) is 0 Å². The summed E-state index contributed by atoms with van der Waals surface area (Å²) in [4.78, 5) is 2.66. The Balaban J connectivity index is 2.08. The van der Waals surface area contributed by atoms with E-state index in [1.807, 2.05) is 11.3 Å². The lowest BCUT2D eigenvalue weighted by Gasteiger charge is -2.29. The average molecular weight is 226 g/mol. The molecule has 15 heavy (non-hydrogen) atoms. The highest BCUT2D eigenvalue weighted by molar-refractivity contribution is 7.12. The topological polar surface area (TPSA) is 47.3 Å². The molecule has 3 nitrogen and oxygen atoms in total. The van der Waals surface area contributed by atoms with Crippen LogP contribution in [0.1, 0.15) is 28.6 Å². The predicted octanol–water partition coefficient (Wildman–Crippen LogP) is 1.99. The molecule has 2 atom stereocenters. The fourth-order valence-electron chi connectivity index (χ4n) is 2.10. The molecule has 1 fully saturated rings. The minimum absolute atomic E-state index is 0.254. The Morgan fingerprint density at radius 2 is 2.47 bits per heavy atom. The van der Waals surface area contributed by atoms with Crippen molar-refractivity contribution in [2.45, 2.75) is 25.8 Å². The number of thiophene rings is 1. The van der Waals surface area contributed by atoms with Crippen LogP contribution in [0.25, 0.3) is 0 Å². The van der Waals surface area contributed by atoms with E-state index >= 15 is 0 Å². The van der Waals surface area contributed by atoms with Gasteiger partial charge in [0.2, 0.25) is 0 Å². The molecule has 2 heterocycles. The number of nitrogens with one attached hydrogen (secondary N) is 1. The molecule has 0 aromatic carbocycles. The van der Waals surface area contributed by atoms with Gasteiger partial charge in [-0.2, -0.15) is 0 Å². The lowest BCUT2D eigenvalue weighted by atomic mass is 9.93. The van der Waals surface area contributed by atoms with Crippen LogP contribution in [-0.4, -0.2) is 13.2 Å². The molecule has 1 aliphatic heterocycles. The van der Waals surface area contributed by atoms with Gasteiger partial charge in [0.05, 0.1) is 12.6 Å². The quantitative estimate of drug-likeness (QED) is 0.612. The van der Waals surface area contributed by atoms with Crippen LogP contribution in [0.2, 0.25) is 0 Å². The summed E-state index contributed by atoms with van der Waals surface area (Å²) in [6, 6.07) is 4.57. The zero-order chi connectivity index (χ0) is 10.7. The predicted molar refractivity (Wildman–Crippen MR) is 62.7 cm³/mol. The van der Waals surface area contributed by atoms with Gasteiger partial charge in [-0.25, -0.2) is 0 Å². The number of rotatable bonds is 3. The Morgan fingerprint density at radius 1 is 1.60 bits per heavy atom. The molecule has 2 unspecified atom stereocenters. The van der Waals surface area contributed by atoms with Crippen molar-refractivity contribution in [2.75, 3.05) is 13.2 Å². The van der Waals surface area contributed by atoms with Crippen molar-refractivity contribution in [2.24, 2.45) is 11.8 Å². The van der Waals surface area contributed by atoms with Crippen molar-refractivity contribution in [1.82, 2.24) is 5.43 Å². The van der Waals surface area contributed by atoms with Crippen LogP contribution in [0, 0.1) is 12.8 Å². The number of hydrogen-bond donors (Lipinski definition) is 2. The molecule has 1 saturated heterocycles. The van der Waals surface area contributed by atoms with Gasteiger partial charge in [0.1, 0.15) is 0 Å². The van der Waals surface area contributed by atoms with E-state index < -0.39 is 0 Å². The van der Waals surface area contributed by atoms with E-state index in [0.29, 0.717) is 5.92 Å². The van der Waals surface area contributed by atoms with Gasteiger partial charge in [0.25, 0.3) is 0 Å². The van der Waals surface area contributed by atoms with Gasteiger partial charge < -0.3 is 4.74 Å². The second-order valence-corrected chi connectivity index (χ2v) is 5.39. The third-order valence-corrected chi connectivity index (χ3v) is 4.00. The average Bonchev–Trinajstić information content (AvgIpc) is 2.68. The molecule has 3 N–H and O–H groups in total. The van der Waals surface area contributed by atoms with Crippen LogP contribution < -0.4 is 11.3 Å². The van der Waals surface area contributed by atoms with Crippen LogP contribution in [0.4, 0.5) is 0 Å². The van der Waals surface area contributed by atoms with E-state index in [-0.39, 0.29) is 6.04 Å². The SMILES string of the molecule is Cc1ccc(C(NN)C2CCCOC2)s1. The van der Waals surface area contributed by atoms with Crippen LogP contribution >= 0.6 is 11.3 Å². The van der Waals surface area contributed by atoms with Crippen LogP contribution in [0.5, 0.6) is 0 Å². The van der Waals surface area contributed by atoms with E-state index in [4.69, 9.17) is 10.6 Å². The summed E-state index contributed by atoms with van der Waals surface area (Å²) >= 11 is 1.82. The normalized spacial score (nSPS) is 24.0. The summed E-state index contributed by atoms with van der Waals surface area (Å²) < 4.78 is 5.50. The number of nitrogens with two attached hydrogens (primary N) is 1. The summed E-state index contributed by atoms with van der Waals surface area (Å²) in [6.07, 6.45) is 2.35. The monoisotopic (exact) mass is 226 g/mol. The van der Waals surface area contributed by atoms with Gasteiger partial charge in [-0.15, -0.1) is 11.3 Å². The van der Waals surface area contributed by atoms with Gasteiger partial charge in [-0.1, -0.05) is 0 Å². The number of hydrazine groups is 1. The lowest BCUT2D eigenvalue weighted by Crippen LogP contribution is -2.36. The van der Waals surface area contributed by atoms with E-state index in [2.05, 4.69) is 24.5 Å². The Hall–Kier alpha value is -0.420. The zero-order valence-electron chi connectivity index (χ0n) is 9.03. The molecule has 0 bridgehead atoms.